The van der Waals surface area contributed by atoms with Gasteiger partial charge in [-0.25, -0.2) is 8.42 Å². The quantitative estimate of drug-likeness (QED) is 0.375. The van der Waals surface area contributed by atoms with E-state index in [9.17, 15) is 22.0 Å². The van der Waals surface area contributed by atoms with Crippen LogP contribution in [0.15, 0.2) is 23.2 Å². The van der Waals surface area contributed by atoms with Crippen LogP contribution in [-0.4, -0.2) is 65.1 Å². The van der Waals surface area contributed by atoms with Crippen LogP contribution < -0.4 is 25.4 Å². The Hall–Kier alpha value is -2.63. The second-order valence-corrected chi connectivity index (χ2v) is 8.85. The summed E-state index contributed by atoms with van der Waals surface area (Å²) in [6.07, 6.45) is 0.546. The molecule has 12 heteroatoms. The van der Waals surface area contributed by atoms with Gasteiger partial charge in [-0.1, -0.05) is 0 Å². The number of nitrogens with zero attached hydrogens (tertiary/aromatic N) is 1. The molecule has 0 saturated carbocycles. The molecule has 0 bridgehead atoms. The Morgan fingerprint density at radius 1 is 1.33 bits per heavy atom. The Morgan fingerprint density at radius 3 is 2.70 bits per heavy atom. The molecule has 1 aliphatic rings. The van der Waals surface area contributed by atoms with E-state index in [0.29, 0.717) is 23.7 Å². The van der Waals surface area contributed by atoms with Crippen LogP contribution >= 0.6 is 0 Å². The molecule has 1 amide bonds. The van der Waals surface area contributed by atoms with Crippen molar-refractivity contribution in [2.45, 2.75) is 32.0 Å². The van der Waals surface area contributed by atoms with Gasteiger partial charge in [0.15, 0.2) is 15.8 Å². The molecule has 0 spiro atoms. The predicted molar refractivity (Wildman–Crippen MR) is 108 cm³/mol. The molecular formula is C18H26F2N4O5S. The van der Waals surface area contributed by atoms with E-state index in [1.54, 1.807) is 6.07 Å². The third kappa shape index (κ3) is 7.65. The fourth-order valence-electron chi connectivity index (χ4n) is 2.93. The monoisotopic (exact) mass is 448 g/mol. The van der Waals surface area contributed by atoms with Crippen molar-refractivity contribution in [2.75, 3.05) is 32.2 Å². The maximum absolute atomic E-state index is 12.6. The van der Waals surface area contributed by atoms with Crippen molar-refractivity contribution < 1.29 is 31.5 Å². The lowest BCUT2D eigenvalue weighted by molar-refractivity contribution is -0.121. The highest BCUT2D eigenvalue weighted by molar-refractivity contribution is 7.91. The summed E-state index contributed by atoms with van der Waals surface area (Å²) >= 11 is 0. The molecular weight excluding hydrogens is 422 g/mol. The number of hydrogen-bond donors (Lipinski definition) is 3. The summed E-state index contributed by atoms with van der Waals surface area (Å²) in [6.45, 7) is -2.57. The third-order valence-electron chi connectivity index (χ3n) is 4.40. The number of carbonyl (C=O) groups is 1. The van der Waals surface area contributed by atoms with Crippen LogP contribution in [0.2, 0.25) is 0 Å². The lowest BCUT2D eigenvalue weighted by Gasteiger charge is -2.16. The van der Waals surface area contributed by atoms with Crippen molar-refractivity contribution in [3.63, 3.8) is 0 Å². The lowest BCUT2D eigenvalue weighted by atomic mass is 10.2. The van der Waals surface area contributed by atoms with Gasteiger partial charge in [-0.15, -0.1) is 0 Å². The van der Waals surface area contributed by atoms with Crippen LogP contribution in [0.4, 0.5) is 8.78 Å². The number of amides is 1. The van der Waals surface area contributed by atoms with Gasteiger partial charge in [0.1, 0.15) is 11.5 Å². The van der Waals surface area contributed by atoms with Crippen molar-refractivity contribution in [3.8, 4) is 11.5 Å². The Bertz CT molecular complexity index is 864. The highest BCUT2D eigenvalue weighted by atomic mass is 32.2. The number of aliphatic imine (C=N–C) groups is 1. The molecule has 1 heterocycles. The van der Waals surface area contributed by atoms with Crippen LogP contribution in [0, 0.1) is 0 Å². The molecule has 1 saturated heterocycles. The standard InChI is InChI=1S/C18H26F2N4O5S/c1-21-18(22-7-5-16(25)24-13-6-8-30(26,27)11-13)23-10-12-9-14(28-2)3-4-15(12)29-17(19)20/h3-4,9,13,17H,5-8,10-11H2,1-2H3,(H,24,25)(H2,21,22,23). The number of alkyl halides is 2. The smallest absolute Gasteiger partial charge is 0.387 e. The molecule has 1 fully saturated rings. The molecule has 0 radical (unpaired) electrons. The van der Waals surface area contributed by atoms with E-state index in [2.05, 4.69) is 25.7 Å². The van der Waals surface area contributed by atoms with Crippen molar-refractivity contribution in [1.82, 2.24) is 16.0 Å². The number of halogens is 2. The summed E-state index contributed by atoms with van der Waals surface area (Å²) in [5.74, 6) is 0.659. The van der Waals surface area contributed by atoms with E-state index >= 15 is 0 Å². The Balaban J connectivity index is 1.81. The third-order valence-corrected chi connectivity index (χ3v) is 6.16. The Kier molecular flexibility index (Phi) is 8.63. The van der Waals surface area contributed by atoms with Gasteiger partial charge in [-0.2, -0.15) is 8.78 Å². The minimum atomic E-state index is -3.05. The largest absolute Gasteiger partial charge is 0.497 e. The summed E-state index contributed by atoms with van der Waals surface area (Å²) in [5.41, 5.74) is 0.442. The molecule has 2 rings (SSSR count). The first kappa shape index (κ1) is 23.6. The number of sulfone groups is 1. The zero-order chi connectivity index (χ0) is 22.1. The molecule has 0 aliphatic carbocycles. The van der Waals surface area contributed by atoms with E-state index in [-0.39, 0.29) is 48.7 Å². The molecule has 1 aromatic rings. The number of ether oxygens (including phenoxy) is 2. The molecule has 1 atom stereocenters. The highest BCUT2D eigenvalue weighted by Gasteiger charge is 2.28. The summed E-state index contributed by atoms with van der Waals surface area (Å²) in [5, 5.41) is 8.60. The van der Waals surface area contributed by atoms with Gasteiger partial charge in [0.05, 0.1) is 18.6 Å². The van der Waals surface area contributed by atoms with Gasteiger partial charge in [-0.3, -0.25) is 9.79 Å². The molecule has 3 N–H and O–H groups in total. The summed E-state index contributed by atoms with van der Waals surface area (Å²) in [7, 11) is -0.0609. The number of guanidine groups is 1. The van der Waals surface area contributed by atoms with Crippen molar-refractivity contribution in [1.29, 1.82) is 0 Å². The van der Waals surface area contributed by atoms with E-state index < -0.39 is 16.4 Å². The number of carbonyl (C=O) groups excluding carboxylic acids is 1. The SMILES string of the molecule is CN=C(NCCC(=O)NC1CCS(=O)(=O)C1)NCc1cc(OC)ccc1OC(F)F. The van der Waals surface area contributed by atoms with Crippen LogP contribution in [0.1, 0.15) is 18.4 Å². The first-order chi connectivity index (χ1) is 14.2. The van der Waals surface area contributed by atoms with Crippen LogP contribution in [0.5, 0.6) is 11.5 Å². The van der Waals surface area contributed by atoms with E-state index in [1.807, 2.05) is 0 Å². The maximum Gasteiger partial charge on any atom is 0.387 e. The highest BCUT2D eigenvalue weighted by Crippen LogP contribution is 2.25. The molecule has 1 aromatic carbocycles. The fraction of sp³-hybridized carbons (Fsp3) is 0.556. The average Bonchev–Trinajstić information content (AvgIpc) is 3.03. The van der Waals surface area contributed by atoms with Gasteiger partial charge in [-0.05, 0) is 24.6 Å². The normalized spacial score (nSPS) is 18.2. The van der Waals surface area contributed by atoms with Gasteiger partial charge in [0.2, 0.25) is 5.91 Å². The first-order valence-electron chi connectivity index (χ1n) is 9.28. The van der Waals surface area contributed by atoms with Gasteiger partial charge in [0.25, 0.3) is 0 Å². The van der Waals surface area contributed by atoms with Gasteiger partial charge in [0, 0.05) is 38.2 Å². The van der Waals surface area contributed by atoms with Crippen LogP contribution in [-0.2, 0) is 21.2 Å². The zero-order valence-corrected chi connectivity index (χ0v) is 17.6. The molecule has 1 aliphatic heterocycles. The summed E-state index contributed by atoms with van der Waals surface area (Å²) in [6, 6.07) is 4.14. The van der Waals surface area contributed by atoms with E-state index in [1.165, 1.54) is 26.3 Å². The predicted octanol–water partition coefficient (Wildman–Crippen LogP) is 0.655. The number of hydrogen-bond acceptors (Lipinski definition) is 6. The van der Waals surface area contributed by atoms with Gasteiger partial charge < -0.3 is 25.4 Å². The van der Waals surface area contributed by atoms with Crippen LogP contribution in [0.25, 0.3) is 0 Å². The number of methoxy groups -OCH3 is 1. The summed E-state index contributed by atoms with van der Waals surface area (Å²) in [4.78, 5) is 16.0. The maximum atomic E-state index is 12.6. The van der Waals surface area contributed by atoms with Crippen molar-refractivity contribution in [2.24, 2.45) is 4.99 Å². The van der Waals surface area contributed by atoms with Gasteiger partial charge >= 0.3 is 6.61 Å². The second-order valence-electron chi connectivity index (χ2n) is 6.62. The van der Waals surface area contributed by atoms with E-state index in [4.69, 9.17) is 4.74 Å². The second kappa shape index (κ2) is 11.0. The minimum Gasteiger partial charge on any atom is -0.497 e. The molecule has 0 aromatic heterocycles. The Morgan fingerprint density at radius 2 is 2.10 bits per heavy atom. The van der Waals surface area contributed by atoms with Crippen molar-refractivity contribution >= 4 is 21.7 Å². The molecule has 168 valence electrons. The first-order valence-corrected chi connectivity index (χ1v) is 11.1. The Labute approximate surface area is 174 Å². The number of rotatable bonds is 9. The number of benzene rings is 1. The van der Waals surface area contributed by atoms with Crippen LogP contribution in [0.3, 0.4) is 0 Å². The fourth-order valence-corrected chi connectivity index (χ4v) is 4.61. The van der Waals surface area contributed by atoms with E-state index in [0.717, 1.165) is 0 Å². The molecule has 9 nitrogen and oxygen atoms in total. The average molecular weight is 448 g/mol. The van der Waals surface area contributed by atoms with Crippen molar-refractivity contribution in [3.05, 3.63) is 23.8 Å². The number of nitrogens with one attached hydrogen (secondary N) is 3. The molecule has 30 heavy (non-hydrogen) atoms. The zero-order valence-electron chi connectivity index (χ0n) is 16.8. The minimum absolute atomic E-state index is 0.0136. The topological polar surface area (TPSA) is 118 Å². The molecule has 1 unspecified atom stereocenters. The summed E-state index contributed by atoms with van der Waals surface area (Å²) < 4.78 is 57.7. The lowest BCUT2D eigenvalue weighted by Crippen LogP contribution is -2.41.